The molecule has 5 N–H and O–H groups in total. The second kappa shape index (κ2) is 8.60. The van der Waals surface area contributed by atoms with E-state index in [0.29, 0.717) is 12.0 Å². The molecule has 0 saturated carbocycles. The molecule has 2 unspecified atom stereocenters. The first kappa shape index (κ1) is 21.0. The first-order valence-corrected chi connectivity index (χ1v) is 10.5. The molecule has 2 atom stereocenters. The predicted octanol–water partition coefficient (Wildman–Crippen LogP) is 1.60. The fourth-order valence-electron chi connectivity index (χ4n) is 2.76. The van der Waals surface area contributed by atoms with E-state index in [0.717, 1.165) is 11.8 Å². The lowest BCUT2D eigenvalue weighted by Crippen LogP contribution is -2.32. The number of phenolic OH excluding ortho intramolecular Hbond substituents is 3. The van der Waals surface area contributed by atoms with Crippen molar-refractivity contribution in [2.45, 2.75) is 31.2 Å². The molecule has 0 bridgehead atoms. The Hall–Kier alpha value is -2.29. The normalized spacial score (nSPS) is 14.0. The minimum Gasteiger partial charge on any atom is -0.508 e. The van der Waals surface area contributed by atoms with Gasteiger partial charge >= 0.3 is 0 Å². The summed E-state index contributed by atoms with van der Waals surface area (Å²) in [5.41, 5.74) is 1.59. The van der Waals surface area contributed by atoms with Crippen molar-refractivity contribution in [3.8, 4) is 17.2 Å². The summed E-state index contributed by atoms with van der Waals surface area (Å²) in [6, 6.07) is 9.02. The van der Waals surface area contributed by atoms with Crippen LogP contribution in [0.2, 0.25) is 0 Å². The predicted molar refractivity (Wildman–Crippen MR) is 103 cm³/mol. The standard InChI is InChI=1S/C19H25NO6S/c1-12(7-13-3-5-17(22)18(23)8-13)20-10-19(24)14-4-6-16(21)15(9-14)11-27(2,25)26/h3-6,8-9,12,19-24H,7,10-11H2,1-2H3. The van der Waals surface area contributed by atoms with Crippen LogP contribution < -0.4 is 5.32 Å². The van der Waals surface area contributed by atoms with Crippen molar-refractivity contribution in [2.75, 3.05) is 12.8 Å². The highest BCUT2D eigenvalue weighted by Gasteiger charge is 2.15. The maximum Gasteiger partial charge on any atom is 0.157 e. The number of aromatic hydroxyl groups is 3. The summed E-state index contributed by atoms with van der Waals surface area (Å²) >= 11 is 0. The summed E-state index contributed by atoms with van der Waals surface area (Å²) in [4.78, 5) is 0. The summed E-state index contributed by atoms with van der Waals surface area (Å²) in [6.45, 7) is 2.15. The van der Waals surface area contributed by atoms with Gasteiger partial charge in [-0.1, -0.05) is 12.1 Å². The van der Waals surface area contributed by atoms with E-state index >= 15 is 0 Å². The van der Waals surface area contributed by atoms with Crippen LogP contribution >= 0.6 is 0 Å². The molecule has 0 heterocycles. The van der Waals surface area contributed by atoms with Gasteiger partial charge < -0.3 is 25.7 Å². The average molecular weight is 395 g/mol. The molecule has 148 valence electrons. The highest BCUT2D eigenvalue weighted by Crippen LogP contribution is 2.26. The molecule has 0 aliphatic heterocycles. The molecule has 0 spiro atoms. The fourth-order valence-corrected chi connectivity index (χ4v) is 3.56. The SMILES string of the molecule is CC(Cc1ccc(O)c(O)c1)NCC(O)c1ccc(O)c(CS(C)(=O)=O)c1. The second-order valence-electron chi connectivity index (χ2n) is 6.81. The second-order valence-corrected chi connectivity index (χ2v) is 8.95. The van der Waals surface area contributed by atoms with Gasteiger partial charge in [0.1, 0.15) is 5.75 Å². The Bertz CT molecular complexity index is 897. The molecule has 27 heavy (non-hydrogen) atoms. The van der Waals surface area contributed by atoms with Crippen LogP contribution in [0.5, 0.6) is 17.2 Å². The molecule has 2 aromatic carbocycles. The van der Waals surface area contributed by atoms with E-state index < -0.39 is 15.9 Å². The van der Waals surface area contributed by atoms with Crippen LogP contribution in [-0.4, -0.2) is 47.7 Å². The van der Waals surface area contributed by atoms with Crippen molar-refractivity contribution in [1.82, 2.24) is 5.32 Å². The van der Waals surface area contributed by atoms with Crippen LogP contribution in [0.1, 0.15) is 29.7 Å². The number of aliphatic hydroxyl groups excluding tert-OH is 1. The van der Waals surface area contributed by atoms with Crippen molar-refractivity contribution in [1.29, 1.82) is 0 Å². The van der Waals surface area contributed by atoms with Gasteiger partial charge in [0.15, 0.2) is 21.3 Å². The smallest absolute Gasteiger partial charge is 0.157 e. The summed E-state index contributed by atoms with van der Waals surface area (Å²) in [6.07, 6.45) is 0.787. The van der Waals surface area contributed by atoms with Crippen LogP contribution in [0, 0.1) is 0 Å². The quantitative estimate of drug-likeness (QED) is 0.430. The van der Waals surface area contributed by atoms with E-state index in [9.17, 15) is 28.8 Å². The number of hydrogen-bond donors (Lipinski definition) is 5. The maximum atomic E-state index is 11.4. The minimum atomic E-state index is -3.30. The maximum absolute atomic E-state index is 11.4. The zero-order valence-electron chi connectivity index (χ0n) is 15.3. The Balaban J connectivity index is 1.97. The third kappa shape index (κ3) is 6.42. The van der Waals surface area contributed by atoms with Gasteiger partial charge in [0.2, 0.25) is 0 Å². The van der Waals surface area contributed by atoms with E-state index in [4.69, 9.17) is 0 Å². The largest absolute Gasteiger partial charge is 0.508 e. The zero-order chi connectivity index (χ0) is 20.2. The molecule has 0 saturated heterocycles. The molecule has 7 nitrogen and oxygen atoms in total. The van der Waals surface area contributed by atoms with Gasteiger partial charge in [-0.2, -0.15) is 0 Å². The van der Waals surface area contributed by atoms with Gasteiger partial charge in [-0.15, -0.1) is 0 Å². The first-order chi connectivity index (χ1) is 12.5. The summed E-state index contributed by atoms with van der Waals surface area (Å²) in [5.74, 6) is -0.771. The van der Waals surface area contributed by atoms with Gasteiger partial charge in [0.25, 0.3) is 0 Å². The van der Waals surface area contributed by atoms with Crippen LogP contribution in [0.25, 0.3) is 0 Å². The lowest BCUT2D eigenvalue weighted by Gasteiger charge is -2.18. The lowest BCUT2D eigenvalue weighted by molar-refractivity contribution is 0.170. The average Bonchev–Trinajstić information content (AvgIpc) is 2.57. The zero-order valence-corrected chi connectivity index (χ0v) is 16.1. The molecule has 0 amide bonds. The van der Waals surface area contributed by atoms with E-state index in [1.807, 2.05) is 6.92 Å². The van der Waals surface area contributed by atoms with Gasteiger partial charge in [-0.25, -0.2) is 8.42 Å². The van der Waals surface area contributed by atoms with E-state index in [1.165, 1.54) is 24.3 Å². The monoisotopic (exact) mass is 395 g/mol. The highest BCUT2D eigenvalue weighted by molar-refractivity contribution is 7.89. The molecule has 2 aromatic rings. The number of phenols is 3. The van der Waals surface area contributed by atoms with Gasteiger partial charge in [0, 0.05) is 24.4 Å². The van der Waals surface area contributed by atoms with E-state index in [-0.39, 0.29) is 41.2 Å². The number of nitrogens with one attached hydrogen (secondary N) is 1. The third-order valence-electron chi connectivity index (χ3n) is 4.15. The number of rotatable bonds is 8. The Kier molecular flexibility index (Phi) is 6.69. The van der Waals surface area contributed by atoms with Gasteiger partial charge in [-0.3, -0.25) is 0 Å². The third-order valence-corrected chi connectivity index (χ3v) is 4.98. The van der Waals surface area contributed by atoms with Crippen LogP contribution in [0.3, 0.4) is 0 Å². The van der Waals surface area contributed by atoms with Crippen molar-refractivity contribution in [3.05, 3.63) is 53.1 Å². The van der Waals surface area contributed by atoms with E-state index in [2.05, 4.69) is 5.32 Å². The molecular formula is C19H25NO6S. The Morgan fingerprint density at radius 1 is 1.00 bits per heavy atom. The topological polar surface area (TPSA) is 127 Å². The number of benzene rings is 2. The van der Waals surface area contributed by atoms with Crippen LogP contribution in [0.4, 0.5) is 0 Å². The lowest BCUT2D eigenvalue weighted by atomic mass is 10.0. The number of hydrogen-bond acceptors (Lipinski definition) is 7. The molecule has 8 heteroatoms. The van der Waals surface area contributed by atoms with Gasteiger partial charge in [0.05, 0.1) is 11.9 Å². The van der Waals surface area contributed by atoms with Crippen LogP contribution in [0.15, 0.2) is 36.4 Å². The summed E-state index contributed by atoms with van der Waals surface area (Å²) < 4.78 is 22.9. The summed E-state index contributed by atoms with van der Waals surface area (Å²) in [7, 11) is -3.30. The molecule has 2 rings (SSSR count). The molecular weight excluding hydrogens is 370 g/mol. The molecule has 0 fully saturated rings. The van der Waals surface area contributed by atoms with Crippen molar-refractivity contribution in [3.63, 3.8) is 0 Å². The number of aliphatic hydroxyl groups is 1. The minimum absolute atomic E-state index is 0.0174. The van der Waals surface area contributed by atoms with Gasteiger partial charge in [-0.05, 0) is 48.7 Å². The summed E-state index contributed by atoms with van der Waals surface area (Å²) in [5, 5.41) is 42.2. The fraction of sp³-hybridized carbons (Fsp3) is 0.368. The number of sulfone groups is 1. The Morgan fingerprint density at radius 2 is 1.67 bits per heavy atom. The van der Waals surface area contributed by atoms with Crippen molar-refractivity contribution in [2.24, 2.45) is 0 Å². The molecule has 0 aliphatic carbocycles. The molecule has 0 radical (unpaired) electrons. The highest BCUT2D eigenvalue weighted by atomic mass is 32.2. The molecule has 0 aromatic heterocycles. The Labute approximate surface area is 158 Å². The van der Waals surface area contributed by atoms with E-state index in [1.54, 1.807) is 12.1 Å². The van der Waals surface area contributed by atoms with Crippen LogP contribution in [-0.2, 0) is 22.0 Å². The van der Waals surface area contributed by atoms with Crippen molar-refractivity contribution >= 4 is 9.84 Å². The Morgan fingerprint density at radius 3 is 2.30 bits per heavy atom. The van der Waals surface area contributed by atoms with Crippen molar-refractivity contribution < 1.29 is 28.8 Å². The molecule has 0 aliphatic rings. The first-order valence-electron chi connectivity index (χ1n) is 8.47.